The van der Waals surface area contributed by atoms with Gasteiger partial charge >= 0.3 is 0 Å². The minimum atomic E-state index is -4.37. The number of amides is 1. The third-order valence-corrected chi connectivity index (χ3v) is 7.21. The molecule has 0 bridgehead atoms. The average Bonchev–Trinajstić information content (AvgIpc) is 2.87. The van der Waals surface area contributed by atoms with Gasteiger partial charge < -0.3 is 19.5 Å². The number of nitrogens with one attached hydrogen (secondary N) is 1. The first-order valence-corrected chi connectivity index (χ1v) is 12.2. The highest BCUT2D eigenvalue weighted by atomic mass is 32.2. The maximum Gasteiger partial charge on any atom is 0.273 e. The predicted octanol–water partition coefficient (Wildman–Crippen LogP) is 3.52. The quantitative estimate of drug-likeness (QED) is 0.357. The molecule has 1 aliphatic rings. The number of benzene rings is 3. The minimum Gasteiger partial charge on any atom is -0.497 e. The lowest BCUT2D eigenvalue weighted by Gasteiger charge is -2.24. The number of ether oxygens (including phenoxy) is 3. The average molecular weight is 514 g/mol. The molecule has 3 aromatic rings. The number of hydrogen-bond donors (Lipinski definition) is 1. The number of methoxy groups -OCH3 is 1. The summed E-state index contributed by atoms with van der Waals surface area (Å²) in [6.45, 7) is 1.71. The standard InChI is InChI=1S/C24H23N3O8S/c1-16-3-9-20(14-21(16)27(29)30)36(31,32)26(18-5-7-19(33-2)8-6-18)15-24(28)25-17-4-10-22-23(13-17)35-12-11-34-22/h3-10,13-14H,11-12,15H2,1-2H3,(H,25,28). The third kappa shape index (κ3) is 5.18. The summed E-state index contributed by atoms with van der Waals surface area (Å²) in [5.74, 6) is 0.865. The minimum absolute atomic E-state index is 0.177. The van der Waals surface area contributed by atoms with Gasteiger partial charge in [0, 0.05) is 23.4 Å². The van der Waals surface area contributed by atoms with Crippen molar-refractivity contribution in [2.75, 3.05) is 36.5 Å². The molecule has 1 aliphatic heterocycles. The second kappa shape index (κ2) is 10.1. The summed E-state index contributed by atoms with van der Waals surface area (Å²) in [6.07, 6.45) is 0. The molecule has 0 aliphatic carbocycles. The van der Waals surface area contributed by atoms with Gasteiger partial charge in [0.25, 0.3) is 15.7 Å². The van der Waals surface area contributed by atoms with Crippen LogP contribution in [0.1, 0.15) is 5.56 Å². The van der Waals surface area contributed by atoms with Gasteiger partial charge in [0.15, 0.2) is 11.5 Å². The van der Waals surface area contributed by atoms with Crippen LogP contribution in [0.3, 0.4) is 0 Å². The summed E-state index contributed by atoms with van der Waals surface area (Å²) in [6, 6.07) is 14.5. The smallest absolute Gasteiger partial charge is 0.273 e. The van der Waals surface area contributed by atoms with E-state index in [0.29, 0.717) is 41.7 Å². The van der Waals surface area contributed by atoms with Gasteiger partial charge in [-0.2, -0.15) is 0 Å². The van der Waals surface area contributed by atoms with E-state index < -0.39 is 27.4 Å². The lowest BCUT2D eigenvalue weighted by molar-refractivity contribution is -0.385. The Morgan fingerprint density at radius 1 is 1.06 bits per heavy atom. The first-order chi connectivity index (χ1) is 17.2. The first-order valence-electron chi connectivity index (χ1n) is 10.8. The van der Waals surface area contributed by atoms with Gasteiger partial charge in [0.1, 0.15) is 25.5 Å². The van der Waals surface area contributed by atoms with E-state index in [1.165, 1.54) is 38.3 Å². The van der Waals surface area contributed by atoms with Crippen molar-refractivity contribution in [3.05, 3.63) is 76.3 Å². The van der Waals surface area contributed by atoms with Crippen LogP contribution in [0.4, 0.5) is 17.1 Å². The van der Waals surface area contributed by atoms with Gasteiger partial charge in [-0.25, -0.2) is 8.42 Å². The number of carbonyl (C=O) groups is 1. The number of anilines is 2. The van der Waals surface area contributed by atoms with Crippen molar-refractivity contribution in [1.29, 1.82) is 0 Å². The molecule has 12 heteroatoms. The Balaban J connectivity index is 1.66. The zero-order valence-electron chi connectivity index (χ0n) is 19.5. The molecule has 0 aromatic heterocycles. The summed E-state index contributed by atoms with van der Waals surface area (Å²) in [7, 11) is -2.90. The zero-order chi connectivity index (χ0) is 25.9. The second-order valence-corrected chi connectivity index (χ2v) is 9.68. The van der Waals surface area contributed by atoms with Crippen molar-refractivity contribution in [1.82, 2.24) is 0 Å². The van der Waals surface area contributed by atoms with Crippen LogP contribution in [0.15, 0.2) is 65.6 Å². The molecule has 0 unspecified atom stereocenters. The van der Waals surface area contributed by atoms with E-state index in [-0.39, 0.29) is 16.3 Å². The Hall–Kier alpha value is -4.32. The fraction of sp³-hybridized carbons (Fsp3) is 0.208. The van der Waals surface area contributed by atoms with Gasteiger partial charge in [-0.05, 0) is 49.4 Å². The molecule has 1 amide bonds. The van der Waals surface area contributed by atoms with Crippen molar-refractivity contribution < 1.29 is 32.3 Å². The highest BCUT2D eigenvalue weighted by Crippen LogP contribution is 2.33. The number of fused-ring (bicyclic) bond motifs is 1. The maximum atomic E-state index is 13.6. The predicted molar refractivity (Wildman–Crippen MR) is 131 cm³/mol. The number of hydrogen-bond acceptors (Lipinski definition) is 8. The molecule has 188 valence electrons. The van der Waals surface area contributed by atoms with Gasteiger partial charge in [0.05, 0.1) is 22.6 Å². The number of nitro benzene ring substituents is 1. The molecule has 11 nitrogen and oxygen atoms in total. The monoisotopic (exact) mass is 513 g/mol. The molecule has 0 saturated heterocycles. The molecule has 1 heterocycles. The molecular weight excluding hydrogens is 490 g/mol. The Morgan fingerprint density at radius 3 is 2.42 bits per heavy atom. The van der Waals surface area contributed by atoms with Crippen LogP contribution in [-0.2, 0) is 14.8 Å². The summed E-state index contributed by atoms with van der Waals surface area (Å²) < 4.78 is 44.2. The summed E-state index contributed by atoms with van der Waals surface area (Å²) in [4.78, 5) is 23.4. The maximum absolute atomic E-state index is 13.6. The number of carbonyl (C=O) groups excluding carboxylic acids is 1. The third-order valence-electron chi connectivity index (χ3n) is 5.44. The van der Waals surface area contributed by atoms with Crippen molar-refractivity contribution in [2.24, 2.45) is 0 Å². The van der Waals surface area contributed by atoms with Crippen LogP contribution < -0.4 is 23.8 Å². The Labute approximate surface area is 207 Å². The number of rotatable bonds is 8. The number of nitrogens with zero attached hydrogens (tertiary/aromatic N) is 2. The van der Waals surface area contributed by atoms with Gasteiger partial charge in [-0.15, -0.1) is 0 Å². The van der Waals surface area contributed by atoms with Crippen LogP contribution in [0.25, 0.3) is 0 Å². The van der Waals surface area contributed by atoms with E-state index in [2.05, 4.69) is 5.32 Å². The van der Waals surface area contributed by atoms with Gasteiger partial charge in [-0.1, -0.05) is 6.07 Å². The molecule has 36 heavy (non-hydrogen) atoms. The molecule has 1 N–H and O–H groups in total. The SMILES string of the molecule is COc1ccc(N(CC(=O)Nc2ccc3c(c2)OCCO3)S(=O)(=O)c2ccc(C)c([N+](=O)[O-])c2)cc1. The van der Waals surface area contributed by atoms with Gasteiger partial charge in [-0.3, -0.25) is 19.2 Å². The van der Waals surface area contributed by atoms with Crippen molar-refractivity contribution in [3.8, 4) is 17.2 Å². The molecule has 0 spiro atoms. The molecule has 4 rings (SSSR count). The number of aryl methyl sites for hydroxylation is 1. The molecule has 0 saturated carbocycles. The largest absolute Gasteiger partial charge is 0.497 e. The Bertz CT molecular complexity index is 1410. The van der Waals surface area contributed by atoms with Crippen LogP contribution in [-0.4, -0.2) is 46.1 Å². The Kier molecular flexibility index (Phi) is 6.97. The van der Waals surface area contributed by atoms with Crippen molar-refractivity contribution in [3.63, 3.8) is 0 Å². The number of nitro groups is 1. The summed E-state index contributed by atoms with van der Waals surface area (Å²) in [5.41, 5.74) is 0.538. The number of sulfonamides is 1. The second-order valence-electron chi connectivity index (χ2n) is 7.82. The van der Waals surface area contributed by atoms with Crippen LogP contribution in [0.5, 0.6) is 17.2 Å². The highest BCUT2D eigenvalue weighted by molar-refractivity contribution is 7.92. The first kappa shape index (κ1) is 24.8. The topological polar surface area (TPSA) is 137 Å². The van der Waals surface area contributed by atoms with E-state index in [1.807, 2.05) is 0 Å². The molecule has 0 radical (unpaired) electrons. The lowest BCUT2D eigenvalue weighted by Crippen LogP contribution is -2.38. The van der Waals surface area contributed by atoms with Crippen molar-refractivity contribution >= 4 is 33.0 Å². The van der Waals surface area contributed by atoms with Crippen molar-refractivity contribution in [2.45, 2.75) is 11.8 Å². The summed E-state index contributed by atoms with van der Waals surface area (Å²) >= 11 is 0. The normalized spacial score (nSPS) is 12.5. The lowest BCUT2D eigenvalue weighted by atomic mass is 10.2. The highest BCUT2D eigenvalue weighted by Gasteiger charge is 2.29. The fourth-order valence-corrected chi connectivity index (χ4v) is 5.03. The van der Waals surface area contributed by atoms with Crippen LogP contribution in [0.2, 0.25) is 0 Å². The molecule has 3 aromatic carbocycles. The van der Waals surface area contributed by atoms with E-state index in [0.717, 1.165) is 10.4 Å². The van der Waals surface area contributed by atoms with E-state index >= 15 is 0 Å². The molecule has 0 fully saturated rings. The van der Waals surface area contributed by atoms with E-state index in [1.54, 1.807) is 30.3 Å². The Morgan fingerprint density at radius 2 is 1.75 bits per heavy atom. The summed E-state index contributed by atoms with van der Waals surface area (Å²) in [5, 5.41) is 14.1. The fourth-order valence-electron chi connectivity index (χ4n) is 3.59. The van der Waals surface area contributed by atoms with E-state index in [9.17, 15) is 23.3 Å². The zero-order valence-corrected chi connectivity index (χ0v) is 20.3. The van der Waals surface area contributed by atoms with Crippen LogP contribution >= 0.6 is 0 Å². The van der Waals surface area contributed by atoms with E-state index in [4.69, 9.17) is 14.2 Å². The van der Waals surface area contributed by atoms with Gasteiger partial charge in [0.2, 0.25) is 5.91 Å². The molecular formula is C24H23N3O8S. The molecule has 0 atom stereocenters. The van der Waals surface area contributed by atoms with Crippen LogP contribution in [0, 0.1) is 17.0 Å².